The molecule has 6 nitrogen and oxygen atoms in total. The zero-order valence-corrected chi connectivity index (χ0v) is 13.5. The van der Waals surface area contributed by atoms with Gasteiger partial charge in [0.2, 0.25) is 11.8 Å². The number of rotatable bonds is 4. The maximum absolute atomic E-state index is 14.5. The number of ether oxygens (including phenoxy) is 2. The Bertz CT molecular complexity index is 779. The van der Waals surface area contributed by atoms with Crippen molar-refractivity contribution >= 4 is 5.95 Å². The largest absolute Gasteiger partial charge is 0.467 e. The summed E-state index contributed by atoms with van der Waals surface area (Å²) in [6.07, 6.45) is -3.78. The Labute approximate surface area is 146 Å². The van der Waals surface area contributed by atoms with Crippen molar-refractivity contribution in [2.24, 2.45) is 0 Å². The van der Waals surface area contributed by atoms with Crippen LogP contribution in [0.2, 0.25) is 0 Å². The lowest BCUT2D eigenvalue weighted by Crippen LogP contribution is -2.33. The molecule has 140 valence electrons. The molecule has 0 spiro atoms. The first kappa shape index (κ1) is 18.3. The van der Waals surface area contributed by atoms with Gasteiger partial charge >= 0.3 is 6.18 Å². The van der Waals surface area contributed by atoms with Gasteiger partial charge in [0, 0.05) is 24.8 Å². The summed E-state index contributed by atoms with van der Waals surface area (Å²) in [5, 5.41) is 3.10. The minimum absolute atomic E-state index is 0.108. The Morgan fingerprint density at radius 2 is 2.15 bits per heavy atom. The number of benzene rings is 1. The Morgan fingerprint density at radius 1 is 1.35 bits per heavy atom. The SMILES string of the molecule is Nc1ncc(-c2ccc(C3CNCCO3)c(F)c2)c(OCC(F)(F)F)n1. The first-order chi connectivity index (χ1) is 12.3. The highest BCUT2D eigenvalue weighted by atomic mass is 19.4. The van der Waals surface area contributed by atoms with Crippen LogP contribution in [0.25, 0.3) is 11.1 Å². The predicted octanol–water partition coefficient (Wildman–Crippen LogP) is 2.47. The third-order valence-corrected chi connectivity index (χ3v) is 3.73. The summed E-state index contributed by atoms with van der Waals surface area (Å²) in [5.74, 6) is -1.16. The van der Waals surface area contributed by atoms with Gasteiger partial charge in [0.05, 0.1) is 18.3 Å². The van der Waals surface area contributed by atoms with Gasteiger partial charge < -0.3 is 20.5 Å². The number of aromatic nitrogens is 2. The lowest BCUT2D eigenvalue weighted by molar-refractivity contribution is -0.154. The molecule has 1 unspecified atom stereocenters. The van der Waals surface area contributed by atoms with Crippen LogP contribution in [0.4, 0.5) is 23.5 Å². The number of morpholine rings is 1. The van der Waals surface area contributed by atoms with E-state index in [0.29, 0.717) is 25.3 Å². The molecule has 0 bridgehead atoms. The molecule has 0 aliphatic carbocycles. The van der Waals surface area contributed by atoms with Crippen LogP contribution in [0.1, 0.15) is 11.7 Å². The zero-order chi connectivity index (χ0) is 18.7. The van der Waals surface area contributed by atoms with Gasteiger partial charge in [-0.15, -0.1) is 0 Å². The number of anilines is 1. The van der Waals surface area contributed by atoms with Crippen LogP contribution in [-0.4, -0.2) is 42.4 Å². The summed E-state index contributed by atoms with van der Waals surface area (Å²) >= 11 is 0. The topological polar surface area (TPSA) is 82.3 Å². The molecule has 1 aromatic heterocycles. The number of halogens is 4. The molecule has 0 amide bonds. The number of nitrogens with zero attached hydrogens (tertiary/aromatic N) is 2. The molecule has 1 atom stereocenters. The monoisotopic (exact) mass is 372 g/mol. The molecular formula is C16H16F4N4O2. The molecule has 1 saturated heterocycles. The molecular weight excluding hydrogens is 356 g/mol. The van der Waals surface area contributed by atoms with Crippen LogP contribution in [0.15, 0.2) is 24.4 Å². The fourth-order valence-corrected chi connectivity index (χ4v) is 2.56. The molecule has 26 heavy (non-hydrogen) atoms. The van der Waals surface area contributed by atoms with Crippen LogP contribution in [0.3, 0.4) is 0 Å². The van der Waals surface area contributed by atoms with Crippen molar-refractivity contribution in [3.05, 3.63) is 35.8 Å². The quantitative estimate of drug-likeness (QED) is 0.803. The van der Waals surface area contributed by atoms with Gasteiger partial charge in [-0.2, -0.15) is 18.2 Å². The van der Waals surface area contributed by atoms with E-state index in [9.17, 15) is 17.6 Å². The standard InChI is InChI=1S/C16H16F4N4O2/c17-12-5-9(1-2-10(12)13-7-22-3-4-25-13)11-6-23-15(21)24-14(11)26-8-16(18,19)20/h1-2,5-6,13,22H,3-4,7-8H2,(H2,21,23,24). The number of hydrogen-bond acceptors (Lipinski definition) is 6. The first-order valence-corrected chi connectivity index (χ1v) is 7.78. The van der Waals surface area contributed by atoms with Gasteiger partial charge in [-0.3, -0.25) is 0 Å². The molecule has 2 heterocycles. The molecule has 0 radical (unpaired) electrons. The van der Waals surface area contributed by atoms with Gasteiger partial charge in [-0.05, 0) is 11.6 Å². The summed E-state index contributed by atoms with van der Waals surface area (Å²) in [6, 6.07) is 4.25. The minimum Gasteiger partial charge on any atom is -0.467 e. The van der Waals surface area contributed by atoms with E-state index in [1.807, 2.05) is 0 Å². The van der Waals surface area contributed by atoms with E-state index in [0.717, 1.165) is 0 Å². The molecule has 1 fully saturated rings. The number of nitrogens with one attached hydrogen (secondary N) is 1. The van der Waals surface area contributed by atoms with E-state index in [1.54, 1.807) is 6.07 Å². The fraction of sp³-hybridized carbons (Fsp3) is 0.375. The minimum atomic E-state index is -4.54. The van der Waals surface area contributed by atoms with Crippen LogP contribution >= 0.6 is 0 Å². The predicted molar refractivity (Wildman–Crippen MR) is 85.0 cm³/mol. The van der Waals surface area contributed by atoms with Crippen LogP contribution in [-0.2, 0) is 4.74 Å². The van der Waals surface area contributed by atoms with Crippen molar-refractivity contribution in [3.63, 3.8) is 0 Å². The lowest BCUT2D eigenvalue weighted by atomic mass is 10.0. The molecule has 1 aromatic carbocycles. The van der Waals surface area contributed by atoms with E-state index in [2.05, 4.69) is 15.3 Å². The average molecular weight is 372 g/mol. The summed E-state index contributed by atoms with van der Waals surface area (Å²) in [5.41, 5.74) is 6.15. The van der Waals surface area contributed by atoms with E-state index >= 15 is 0 Å². The summed E-state index contributed by atoms with van der Waals surface area (Å²) < 4.78 is 62.0. The highest BCUT2D eigenvalue weighted by molar-refractivity contribution is 5.68. The second kappa shape index (κ2) is 7.42. The van der Waals surface area contributed by atoms with Crippen molar-refractivity contribution < 1.29 is 27.0 Å². The molecule has 3 N–H and O–H groups in total. The van der Waals surface area contributed by atoms with Crippen molar-refractivity contribution in [2.75, 3.05) is 32.0 Å². The smallest absolute Gasteiger partial charge is 0.422 e. The fourth-order valence-electron chi connectivity index (χ4n) is 2.56. The van der Waals surface area contributed by atoms with Crippen LogP contribution < -0.4 is 15.8 Å². The maximum Gasteiger partial charge on any atom is 0.422 e. The highest BCUT2D eigenvalue weighted by Gasteiger charge is 2.29. The van der Waals surface area contributed by atoms with Gasteiger partial charge in [0.1, 0.15) is 5.82 Å². The second-order valence-corrected chi connectivity index (χ2v) is 5.65. The van der Waals surface area contributed by atoms with Crippen LogP contribution in [0, 0.1) is 5.82 Å². The number of alkyl halides is 3. The Morgan fingerprint density at radius 3 is 2.81 bits per heavy atom. The van der Waals surface area contributed by atoms with E-state index < -0.39 is 24.7 Å². The molecule has 2 aromatic rings. The van der Waals surface area contributed by atoms with E-state index in [1.165, 1.54) is 18.3 Å². The van der Waals surface area contributed by atoms with Crippen molar-refractivity contribution in [2.45, 2.75) is 12.3 Å². The van der Waals surface area contributed by atoms with Gasteiger partial charge in [0.15, 0.2) is 6.61 Å². The van der Waals surface area contributed by atoms with Crippen molar-refractivity contribution in [1.29, 1.82) is 0 Å². The lowest BCUT2D eigenvalue weighted by Gasteiger charge is -2.24. The van der Waals surface area contributed by atoms with Crippen LogP contribution in [0.5, 0.6) is 5.88 Å². The average Bonchev–Trinajstić information content (AvgIpc) is 2.60. The molecule has 3 rings (SSSR count). The molecule has 10 heteroatoms. The highest BCUT2D eigenvalue weighted by Crippen LogP contribution is 2.32. The summed E-state index contributed by atoms with van der Waals surface area (Å²) in [7, 11) is 0. The molecule has 0 saturated carbocycles. The Hall–Kier alpha value is -2.46. The Kier molecular flexibility index (Phi) is 5.23. The van der Waals surface area contributed by atoms with Gasteiger partial charge in [-0.25, -0.2) is 9.37 Å². The summed E-state index contributed by atoms with van der Waals surface area (Å²) in [4.78, 5) is 7.43. The third kappa shape index (κ3) is 4.38. The third-order valence-electron chi connectivity index (χ3n) is 3.73. The van der Waals surface area contributed by atoms with Crippen molar-refractivity contribution in [1.82, 2.24) is 15.3 Å². The number of nitrogen functional groups attached to an aromatic ring is 1. The van der Waals surface area contributed by atoms with E-state index in [-0.39, 0.29) is 23.0 Å². The first-order valence-electron chi connectivity index (χ1n) is 7.78. The normalized spacial score (nSPS) is 17.9. The van der Waals surface area contributed by atoms with Gasteiger partial charge in [-0.1, -0.05) is 12.1 Å². The van der Waals surface area contributed by atoms with Crippen molar-refractivity contribution in [3.8, 4) is 17.0 Å². The van der Waals surface area contributed by atoms with Gasteiger partial charge in [0.25, 0.3) is 0 Å². The maximum atomic E-state index is 14.5. The number of nitrogens with two attached hydrogens (primary N) is 1. The zero-order valence-electron chi connectivity index (χ0n) is 13.5. The summed E-state index contributed by atoms with van der Waals surface area (Å²) in [6.45, 7) is 0.0891. The second-order valence-electron chi connectivity index (χ2n) is 5.65. The van der Waals surface area contributed by atoms with E-state index in [4.69, 9.17) is 15.2 Å². The Balaban J connectivity index is 1.89. The number of hydrogen-bond donors (Lipinski definition) is 2. The molecule has 1 aliphatic heterocycles. The molecule has 1 aliphatic rings.